The van der Waals surface area contributed by atoms with Gasteiger partial charge in [0.25, 0.3) is 0 Å². The monoisotopic (exact) mass is 353 g/mol. The van der Waals surface area contributed by atoms with Crippen molar-refractivity contribution in [2.24, 2.45) is 0 Å². The zero-order valence-electron chi connectivity index (χ0n) is 12.4. The van der Waals surface area contributed by atoms with Crippen LogP contribution in [-0.4, -0.2) is 24.8 Å². The van der Waals surface area contributed by atoms with Crippen LogP contribution in [0.3, 0.4) is 0 Å². The summed E-state index contributed by atoms with van der Waals surface area (Å²) in [6.45, 7) is 0.754. The molecule has 2 rings (SSSR count). The van der Waals surface area contributed by atoms with Crippen molar-refractivity contribution in [3.8, 4) is 5.75 Å². The first-order valence-electron chi connectivity index (χ1n) is 7.11. The molecule has 0 aliphatic rings. The van der Waals surface area contributed by atoms with Crippen LogP contribution in [0.25, 0.3) is 0 Å². The molecular weight excluding hydrogens is 337 g/mol. The van der Waals surface area contributed by atoms with Crippen LogP contribution >= 0.6 is 23.4 Å². The van der Waals surface area contributed by atoms with Crippen LogP contribution in [0.4, 0.5) is 4.39 Å². The van der Waals surface area contributed by atoms with Gasteiger partial charge in [0.2, 0.25) is 5.91 Å². The minimum atomic E-state index is -0.303. The average Bonchev–Trinajstić information content (AvgIpc) is 2.53. The van der Waals surface area contributed by atoms with Crippen LogP contribution in [0.2, 0.25) is 5.02 Å². The Morgan fingerprint density at radius 3 is 2.74 bits per heavy atom. The van der Waals surface area contributed by atoms with Crippen LogP contribution in [0.1, 0.15) is 5.56 Å². The molecule has 0 aliphatic heterocycles. The van der Waals surface area contributed by atoms with E-state index in [4.69, 9.17) is 16.3 Å². The number of hydrogen-bond acceptors (Lipinski definition) is 3. The third kappa shape index (κ3) is 6.93. The highest BCUT2D eigenvalue weighted by atomic mass is 35.5. The van der Waals surface area contributed by atoms with E-state index in [0.717, 1.165) is 11.3 Å². The molecule has 0 spiro atoms. The van der Waals surface area contributed by atoms with Gasteiger partial charge in [-0.2, -0.15) is 0 Å². The molecule has 0 aromatic heterocycles. The Balaban J connectivity index is 1.57. The number of ether oxygens (including phenoxy) is 1. The van der Waals surface area contributed by atoms with Crippen molar-refractivity contribution in [1.29, 1.82) is 0 Å². The summed E-state index contributed by atoms with van der Waals surface area (Å²) in [7, 11) is 0. The van der Waals surface area contributed by atoms with E-state index in [1.807, 2.05) is 24.3 Å². The summed E-state index contributed by atoms with van der Waals surface area (Å²) in [6, 6.07) is 13.4. The Bertz CT molecular complexity index is 637. The normalized spacial score (nSPS) is 10.3. The van der Waals surface area contributed by atoms with Crippen molar-refractivity contribution >= 4 is 29.3 Å². The molecule has 1 amide bonds. The quantitative estimate of drug-likeness (QED) is 0.731. The van der Waals surface area contributed by atoms with E-state index < -0.39 is 0 Å². The maximum atomic E-state index is 12.7. The van der Waals surface area contributed by atoms with Crippen molar-refractivity contribution in [2.75, 3.05) is 18.9 Å². The summed E-state index contributed by atoms with van der Waals surface area (Å²) in [4.78, 5) is 11.7. The summed E-state index contributed by atoms with van der Waals surface area (Å²) < 4.78 is 18.1. The Hall–Kier alpha value is -1.72. The van der Waals surface area contributed by atoms with Gasteiger partial charge in [-0.1, -0.05) is 23.7 Å². The van der Waals surface area contributed by atoms with Gasteiger partial charge in [-0.3, -0.25) is 4.79 Å². The minimum absolute atomic E-state index is 0.0419. The Kier molecular flexibility index (Phi) is 7.23. The number of halogens is 2. The lowest BCUT2D eigenvalue weighted by Gasteiger charge is -2.08. The summed E-state index contributed by atoms with van der Waals surface area (Å²) in [5.41, 5.74) is 1.09. The van der Waals surface area contributed by atoms with E-state index in [2.05, 4.69) is 5.32 Å². The van der Waals surface area contributed by atoms with E-state index in [0.29, 0.717) is 29.7 Å². The zero-order chi connectivity index (χ0) is 16.5. The number of amides is 1. The first-order chi connectivity index (χ1) is 11.1. The molecule has 0 bridgehead atoms. The third-order valence-electron chi connectivity index (χ3n) is 2.90. The number of benzene rings is 2. The first-order valence-corrected chi connectivity index (χ1v) is 8.64. The molecule has 6 heteroatoms. The number of carbonyl (C=O) groups excluding carboxylic acids is 1. The van der Waals surface area contributed by atoms with Gasteiger partial charge in [0.15, 0.2) is 0 Å². The van der Waals surface area contributed by atoms with Gasteiger partial charge in [-0.15, -0.1) is 11.8 Å². The van der Waals surface area contributed by atoms with Crippen LogP contribution in [0.5, 0.6) is 5.75 Å². The number of hydrogen-bond donors (Lipinski definition) is 1. The molecule has 122 valence electrons. The fraction of sp³-hybridized carbons (Fsp3) is 0.235. The fourth-order valence-corrected chi connectivity index (χ4v) is 2.85. The molecular formula is C17H17ClFNO2S. The smallest absolute Gasteiger partial charge is 0.230 e. The largest absolute Gasteiger partial charge is 0.492 e. The number of nitrogens with one attached hydrogen (secondary N) is 1. The summed E-state index contributed by atoms with van der Waals surface area (Å²) >= 11 is 7.43. The molecule has 0 aliphatic carbocycles. The van der Waals surface area contributed by atoms with E-state index in [-0.39, 0.29) is 11.7 Å². The van der Waals surface area contributed by atoms with Gasteiger partial charge in [0.1, 0.15) is 18.2 Å². The molecule has 2 aromatic carbocycles. The first kappa shape index (κ1) is 17.6. The van der Waals surface area contributed by atoms with Gasteiger partial charge in [-0.25, -0.2) is 4.39 Å². The van der Waals surface area contributed by atoms with Gasteiger partial charge in [0, 0.05) is 10.8 Å². The van der Waals surface area contributed by atoms with Crippen molar-refractivity contribution in [3.63, 3.8) is 0 Å². The van der Waals surface area contributed by atoms with E-state index >= 15 is 0 Å². The van der Waals surface area contributed by atoms with Crippen LogP contribution < -0.4 is 10.1 Å². The van der Waals surface area contributed by atoms with Crippen LogP contribution in [0, 0.1) is 5.82 Å². The third-order valence-corrected chi connectivity index (χ3v) is 4.14. The topological polar surface area (TPSA) is 38.3 Å². The average molecular weight is 354 g/mol. The predicted molar refractivity (Wildman–Crippen MR) is 92.5 cm³/mol. The van der Waals surface area contributed by atoms with Crippen LogP contribution in [-0.2, 0) is 10.5 Å². The van der Waals surface area contributed by atoms with Crippen molar-refractivity contribution in [1.82, 2.24) is 5.32 Å². The maximum absolute atomic E-state index is 12.7. The Morgan fingerprint density at radius 2 is 2.00 bits per heavy atom. The Morgan fingerprint density at radius 1 is 1.22 bits per heavy atom. The van der Waals surface area contributed by atoms with Gasteiger partial charge in [0.05, 0.1) is 12.3 Å². The molecule has 0 heterocycles. The van der Waals surface area contributed by atoms with Crippen molar-refractivity contribution in [3.05, 3.63) is 64.9 Å². The highest BCUT2D eigenvalue weighted by Crippen LogP contribution is 2.16. The molecule has 0 saturated heterocycles. The standard InChI is InChI=1S/C17H17ClFNO2S/c18-14-3-1-2-13(10-14)11-23-12-17(21)20-8-9-22-16-6-4-15(19)5-7-16/h1-7,10H,8-9,11-12H2,(H,20,21). The molecule has 3 nitrogen and oxygen atoms in total. The molecule has 0 radical (unpaired) electrons. The Labute approximate surface area is 144 Å². The SMILES string of the molecule is O=C(CSCc1cccc(Cl)c1)NCCOc1ccc(F)cc1. The molecule has 1 N–H and O–H groups in total. The summed E-state index contributed by atoms with van der Waals surface area (Å²) in [5.74, 6) is 1.35. The second-order valence-electron chi connectivity index (χ2n) is 4.78. The lowest BCUT2D eigenvalue weighted by molar-refractivity contribution is -0.118. The zero-order valence-corrected chi connectivity index (χ0v) is 14.0. The second kappa shape index (κ2) is 9.43. The van der Waals surface area contributed by atoms with E-state index in [1.165, 1.54) is 23.9 Å². The summed E-state index contributed by atoms with van der Waals surface area (Å²) in [6.07, 6.45) is 0. The van der Waals surface area contributed by atoms with E-state index in [1.54, 1.807) is 12.1 Å². The molecule has 0 atom stereocenters. The highest BCUT2D eigenvalue weighted by molar-refractivity contribution is 7.99. The maximum Gasteiger partial charge on any atom is 0.230 e. The number of thioether (sulfide) groups is 1. The van der Waals surface area contributed by atoms with Crippen molar-refractivity contribution < 1.29 is 13.9 Å². The van der Waals surface area contributed by atoms with Crippen molar-refractivity contribution in [2.45, 2.75) is 5.75 Å². The number of carbonyl (C=O) groups is 1. The minimum Gasteiger partial charge on any atom is -0.492 e. The molecule has 2 aromatic rings. The lowest BCUT2D eigenvalue weighted by Crippen LogP contribution is -2.29. The summed E-state index contributed by atoms with van der Waals surface area (Å²) in [5, 5.41) is 3.48. The number of rotatable bonds is 8. The van der Waals surface area contributed by atoms with Gasteiger partial charge in [-0.05, 0) is 42.0 Å². The molecule has 0 saturated carbocycles. The lowest BCUT2D eigenvalue weighted by atomic mass is 10.2. The highest BCUT2D eigenvalue weighted by Gasteiger charge is 2.02. The van der Waals surface area contributed by atoms with Gasteiger partial charge >= 0.3 is 0 Å². The van der Waals surface area contributed by atoms with E-state index in [9.17, 15) is 9.18 Å². The van der Waals surface area contributed by atoms with Gasteiger partial charge < -0.3 is 10.1 Å². The second-order valence-corrected chi connectivity index (χ2v) is 6.20. The van der Waals surface area contributed by atoms with Crippen LogP contribution in [0.15, 0.2) is 48.5 Å². The molecule has 23 heavy (non-hydrogen) atoms. The fourth-order valence-electron chi connectivity index (χ4n) is 1.83. The molecule has 0 fully saturated rings. The molecule has 0 unspecified atom stereocenters. The predicted octanol–water partition coefficient (Wildman–Crippen LogP) is 3.91.